The molecule has 0 aromatic carbocycles. The predicted molar refractivity (Wildman–Crippen MR) is 68.6 cm³/mol. The summed E-state index contributed by atoms with van der Waals surface area (Å²) in [5.74, 6) is 0.0306. The van der Waals surface area contributed by atoms with Crippen LogP contribution in [0.3, 0.4) is 0 Å². The summed E-state index contributed by atoms with van der Waals surface area (Å²) in [5.41, 5.74) is 2.58. The van der Waals surface area contributed by atoms with Gasteiger partial charge >= 0.3 is 0 Å². The van der Waals surface area contributed by atoms with Gasteiger partial charge in [0.2, 0.25) is 0 Å². The van der Waals surface area contributed by atoms with Crippen molar-refractivity contribution in [2.24, 2.45) is 0 Å². The normalized spacial score (nSPS) is 19.5. The lowest BCUT2D eigenvalue weighted by Gasteiger charge is -2.23. The average molecular weight is 251 g/mol. The second kappa shape index (κ2) is 5.52. The molecule has 0 spiro atoms. The molecule has 100 valence electrons. The highest BCUT2D eigenvalue weighted by molar-refractivity contribution is 5.94. The number of aromatic nitrogens is 2. The summed E-state index contributed by atoms with van der Waals surface area (Å²) < 4.78 is 5.18. The molecule has 1 fully saturated rings. The highest BCUT2D eigenvalue weighted by Gasteiger charge is 2.31. The number of methoxy groups -OCH3 is 1. The Morgan fingerprint density at radius 2 is 2.39 bits per heavy atom. The Hall–Kier alpha value is -1.36. The first-order valence-electron chi connectivity index (χ1n) is 6.52. The molecular weight excluding hydrogens is 230 g/mol. The van der Waals surface area contributed by atoms with E-state index in [4.69, 9.17) is 4.74 Å². The maximum Gasteiger partial charge on any atom is 0.274 e. The second-order valence-corrected chi connectivity index (χ2v) is 4.78. The van der Waals surface area contributed by atoms with Crippen LogP contribution in [0.1, 0.15) is 41.5 Å². The number of nitrogens with one attached hydrogen (secondary N) is 1. The summed E-state index contributed by atoms with van der Waals surface area (Å²) in [6.07, 6.45) is 2.93. The maximum absolute atomic E-state index is 12.5. The Morgan fingerprint density at radius 3 is 3.00 bits per heavy atom. The molecule has 1 aliphatic rings. The van der Waals surface area contributed by atoms with Crippen LogP contribution in [0.4, 0.5) is 0 Å². The number of hydrogen-bond acceptors (Lipinski definition) is 3. The van der Waals surface area contributed by atoms with Crippen molar-refractivity contribution in [3.63, 3.8) is 0 Å². The van der Waals surface area contributed by atoms with E-state index in [1.54, 1.807) is 7.11 Å². The van der Waals surface area contributed by atoms with Crippen LogP contribution in [-0.2, 0) is 11.2 Å². The van der Waals surface area contributed by atoms with Crippen molar-refractivity contribution in [2.75, 3.05) is 20.3 Å². The number of H-pyrrole nitrogens is 1. The van der Waals surface area contributed by atoms with Gasteiger partial charge in [-0.15, -0.1) is 0 Å². The molecule has 2 heterocycles. The Balaban J connectivity index is 2.17. The number of hydrogen-bond donors (Lipinski definition) is 1. The van der Waals surface area contributed by atoms with Gasteiger partial charge in [-0.05, 0) is 26.2 Å². The van der Waals surface area contributed by atoms with Crippen LogP contribution < -0.4 is 0 Å². The molecule has 1 aromatic rings. The lowest BCUT2D eigenvalue weighted by molar-refractivity contribution is 0.0624. The van der Waals surface area contributed by atoms with E-state index in [-0.39, 0.29) is 11.9 Å². The van der Waals surface area contributed by atoms with E-state index in [1.807, 2.05) is 11.8 Å². The van der Waals surface area contributed by atoms with Crippen molar-refractivity contribution >= 4 is 5.91 Å². The number of carbonyl (C=O) groups excluding carboxylic acids is 1. The zero-order valence-corrected chi connectivity index (χ0v) is 11.3. The predicted octanol–water partition coefficient (Wildman–Crippen LogP) is 1.53. The third kappa shape index (κ3) is 2.27. The molecule has 1 aliphatic heterocycles. The van der Waals surface area contributed by atoms with Gasteiger partial charge in [-0.2, -0.15) is 5.10 Å². The van der Waals surface area contributed by atoms with E-state index in [0.717, 1.165) is 37.1 Å². The number of likely N-dealkylation sites (tertiary alicyclic amines) is 1. The highest BCUT2D eigenvalue weighted by Crippen LogP contribution is 2.21. The number of aryl methyl sites for hydroxylation is 1. The van der Waals surface area contributed by atoms with Crippen LogP contribution in [0.5, 0.6) is 0 Å². The third-order valence-corrected chi connectivity index (χ3v) is 3.66. The molecule has 1 amide bonds. The fourth-order valence-electron chi connectivity index (χ4n) is 2.59. The molecule has 0 unspecified atom stereocenters. The third-order valence-electron chi connectivity index (χ3n) is 3.66. The quantitative estimate of drug-likeness (QED) is 0.883. The zero-order chi connectivity index (χ0) is 13.1. The van der Waals surface area contributed by atoms with Crippen molar-refractivity contribution in [1.29, 1.82) is 0 Å². The Kier molecular flexibility index (Phi) is 4.01. The molecule has 18 heavy (non-hydrogen) atoms. The van der Waals surface area contributed by atoms with Gasteiger partial charge < -0.3 is 9.64 Å². The number of ether oxygens (including phenoxy) is 1. The molecular formula is C13H21N3O2. The molecule has 0 bridgehead atoms. The van der Waals surface area contributed by atoms with E-state index >= 15 is 0 Å². The summed E-state index contributed by atoms with van der Waals surface area (Å²) >= 11 is 0. The second-order valence-electron chi connectivity index (χ2n) is 4.78. The Labute approximate surface area is 108 Å². The minimum Gasteiger partial charge on any atom is -0.383 e. The lowest BCUT2D eigenvalue weighted by atomic mass is 10.1. The monoisotopic (exact) mass is 251 g/mol. The minimum atomic E-state index is 0.0306. The summed E-state index contributed by atoms with van der Waals surface area (Å²) in [4.78, 5) is 14.4. The van der Waals surface area contributed by atoms with Gasteiger partial charge in [-0.25, -0.2) is 0 Å². The molecule has 0 saturated carbocycles. The minimum absolute atomic E-state index is 0.0306. The van der Waals surface area contributed by atoms with E-state index in [9.17, 15) is 4.79 Å². The first-order chi connectivity index (χ1) is 8.69. The number of rotatable bonds is 4. The lowest BCUT2D eigenvalue weighted by Crippen LogP contribution is -2.38. The molecule has 0 aliphatic carbocycles. The van der Waals surface area contributed by atoms with Crippen LogP contribution in [0.2, 0.25) is 0 Å². The standard InChI is InChI=1S/C13H21N3O2/c1-4-11-9(2)12(15-14-11)13(17)16-7-5-6-10(16)8-18-3/h10H,4-8H2,1-3H3,(H,14,15)/t10-/m1/s1. The van der Waals surface area contributed by atoms with Gasteiger partial charge in [0.25, 0.3) is 5.91 Å². The van der Waals surface area contributed by atoms with Gasteiger partial charge in [0.15, 0.2) is 5.69 Å². The largest absolute Gasteiger partial charge is 0.383 e. The van der Waals surface area contributed by atoms with Crippen molar-refractivity contribution in [2.45, 2.75) is 39.2 Å². The van der Waals surface area contributed by atoms with Crippen molar-refractivity contribution < 1.29 is 9.53 Å². The first-order valence-corrected chi connectivity index (χ1v) is 6.52. The van der Waals surface area contributed by atoms with E-state index < -0.39 is 0 Å². The molecule has 1 N–H and O–H groups in total. The number of nitrogens with zero attached hydrogens (tertiary/aromatic N) is 2. The van der Waals surface area contributed by atoms with Crippen LogP contribution in [0.25, 0.3) is 0 Å². The van der Waals surface area contributed by atoms with Crippen molar-refractivity contribution in [3.8, 4) is 0 Å². The molecule has 1 atom stereocenters. The molecule has 5 heteroatoms. The Bertz CT molecular complexity index is 428. The van der Waals surface area contributed by atoms with Gasteiger partial charge in [-0.3, -0.25) is 9.89 Å². The van der Waals surface area contributed by atoms with Crippen molar-refractivity contribution in [1.82, 2.24) is 15.1 Å². The van der Waals surface area contributed by atoms with Gasteiger partial charge in [0, 0.05) is 24.9 Å². The summed E-state index contributed by atoms with van der Waals surface area (Å²) in [6.45, 7) is 5.42. The highest BCUT2D eigenvalue weighted by atomic mass is 16.5. The van der Waals surface area contributed by atoms with E-state index in [2.05, 4.69) is 17.1 Å². The molecule has 1 aromatic heterocycles. The van der Waals surface area contributed by atoms with Crippen LogP contribution in [-0.4, -0.2) is 47.3 Å². The summed E-state index contributed by atoms with van der Waals surface area (Å²) in [7, 11) is 1.68. The zero-order valence-electron chi connectivity index (χ0n) is 11.3. The van der Waals surface area contributed by atoms with Gasteiger partial charge in [0.1, 0.15) is 0 Å². The van der Waals surface area contributed by atoms with E-state index in [1.165, 1.54) is 0 Å². The number of aromatic amines is 1. The van der Waals surface area contributed by atoms with Gasteiger partial charge in [-0.1, -0.05) is 6.92 Å². The smallest absolute Gasteiger partial charge is 0.274 e. The first kappa shape index (κ1) is 13.1. The van der Waals surface area contributed by atoms with Crippen LogP contribution >= 0.6 is 0 Å². The molecule has 1 saturated heterocycles. The molecule has 0 radical (unpaired) electrons. The topological polar surface area (TPSA) is 58.2 Å². The number of amides is 1. The summed E-state index contributed by atoms with van der Waals surface area (Å²) in [5, 5.41) is 7.11. The van der Waals surface area contributed by atoms with Crippen molar-refractivity contribution in [3.05, 3.63) is 17.0 Å². The maximum atomic E-state index is 12.5. The SMILES string of the molecule is CCc1[nH]nc(C(=O)N2CCC[C@@H]2COC)c1C. The summed E-state index contributed by atoms with van der Waals surface area (Å²) in [6, 6.07) is 0.198. The average Bonchev–Trinajstić information content (AvgIpc) is 2.95. The van der Waals surface area contributed by atoms with E-state index in [0.29, 0.717) is 12.3 Å². The molecule has 2 rings (SSSR count). The van der Waals surface area contributed by atoms with Crippen LogP contribution in [0.15, 0.2) is 0 Å². The Morgan fingerprint density at radius 1 is 1.61 bits per heavy atom. The fraction of sp³-hybridized carbons (Fsp3) is 0.692. The van der Waals surface area contributed by atoms with Crippen LogP contribution in [0, 0.1) is 6.92 Å². The fourth-order valence-corrected chi connectivity index (χ4v) is 2.59. The van der Waals surface area contributed by atoms with Gasteiger partial charge in [0.05, 0.1) is 12.6 Å². The molecule has 5 nitrogen and oxygen atoms in total. The number of carbonyl (C=O) groups is 1.